The Kier molecular flexibility index (Phi) is 6.18. The van der Waals surface area contributed by atoms with Gasteiger partial charge in [0.05, 0.1) is 36.1 Å². The molecule has 0 unspecified atom stereocenters. The van der Waals surface area contributed by atoms with Crippen LogP contribution >= 0.6 is 11.3 Å². The zero-order chi connectivity index (χ0) is 22.7. The number of aromatic nitrogens is 1. The number of nitrogens with zero attached hydrogens (tertiary/aromatic N) is 2. The molecule has 0 aliphatic carbocycles. The van der Waals surface area contributed by atoms with Crippen LogP contribution in [0.5, 0.6) is 5.75 Å². The first kappa shape index (κ1) is 21.5. The van der Waals surface area contributed by atoms with Gasteiger partial charge in [-0.25, -0.2) is 9.79 Å². The van der Waals surface area contributed by atoms with Gasteiger partial charge in [0.1, 0.15) is 5.75 Å². The number of benzene rings is 2. The average Bonchev–Trinajstić information content (AvgIpc) is 3.13. The van der Waals surface area contributed by atoms with Gasteiger partial charge in [0.15, 0.2) is 4.80 Å². The van der Waals surface area contributed by atoms with Crippen LogP contribution in [0, 0.1) is 0 Å². The first-order valence-electron chi connectivity index (χ1n) is 10.0. The van der Waals surface area contributed by atoms with Gasteiger partial charge in [-0.1, -0.05) is 72.0 Å². The van der Waals surface area contributed by atoms with E-state index in [4.69, 9.17) is 9.47 Å². The summed E-state index contributed by atoms with van der Waals surface area (Å²) in [4.78, 5) is 31.1. The molecule has 0 bridgehead atoms. The average molecular weight is 447 g/mol. The molecule has 2 heterocycles. The van der Waals surface area contributed by atoms with Crippen molar-refractivity contribution in [1.82, 2.24) is 4.57 Å². The number of rotatable bonds is 5. The van der Waals surface area contributed by atoms with Crippen LogP contribution in [0.25, 0.3) is 12.2 Å². The van der Waals surface area contributed by atoms with Crippen LogP contribution in [0.4, 0.5) is 0 Å². The molecule has 1 aromatic heterocycles. The molecule has 0 saturated heterocycles. The molecule has 1 atom stereocenters. The van der Waals surface area contributed by atoms with Crippen molar-refractivity contribution in [2.75, 3.05) is 14.2 Å². The Morgan fingerprint density at radius 2 is 1.81 bits per heavy atom. The highest BCUT2D eigenvalue weighted by atomic mass is 32.1. The van der Waals surface area contributed by atoms with Gasteiger partial charge in [0, 0.05) is 5.56 Å². The largest absolute Gasteiger partial charge is 0.496 e. The predicted molar refractivity (Wildman–Crippen MR) is 125 cm³/mol. The molecule has 0 saturated carbocycles. The molecule has 2 aromatic carbocycles. The Balaban J connectivity index is 1.85. The van der Waals surface area contributed by atoms with Gasteiger partial charge >= 0.3 is 5.97 Å². The summed E-state index contributed by atoms with van der Waals surface area (Å²) < 4.78 is 12.5. The predicted octanol–water partition coefficient (Wildman–Crippen LogP) is 3.08. The first-order valence-corrected chi connectivity index (χ1v) is 10.8. The molecule has 1 aliphatic rings. The summed E-state index contributed by atoms with van der Waals surface area (Å²) in [5.41, 5.74) is 2.43. The summed E-state index contributed by atoms with van der Waals surface area (Å²) in [6, 6.07) is 16.5. The minimum Gasteiger partial charge on any atom is -0.496 e. The third-order valence-corrected chi connectivity index (χ3v) is 6.21. The minimum absolute atomic E-state index is 0.207. The second-order valence-corrected chi connectivity index (χ2v) is 8.12. The van der Waals surface area contributed by atoms with E-state index in [1.165, 1.54) is 18.4 Å². The highest BCUT2D eigenvalue weighted by Crippen LogP contribution is 2.30. The molecule has 162 valence electrons. The van der Waals surface area contributed by atoms with Crippen LogP contribution in [0.2, 0.25) is 0 Å². The number of allylic oxidation sites excluding steroid dienone is 2. The molecule has 3 aromatic rings. The van der Waals surface area contributed by atoms with E-state index in [0.717, 1.165) is 16.9 Å². The number of esters is 1. The lowest BCUT2D eigenvalue weighted by Crippen LogP contribution is -2.39. The second-order valence-electron chi connectivity index (χ2n) is 7.11. The van der Waals surface area contributed by atoms with Gasteiger partial charge in [0.2, 0.25) is 0 Å². The van der Waals surface area contributed by atoms with Crippen molar-refractivity contribution in [3.63, 3.8) is 0 Å². The fourth-order valence-corrected chi connectivity index (χ4v) is 4.70. The molecule has 0 spiro atoms. The minimum atomic E-state index is -0.597. The summed E-state index contributed by atoms with van der Waals surface area (Å²) in [7, 11) is 2.95. The Hall–Kier alpha value is -3.71. The molecule has 32 heavy (non-hydrogen) atoms. The second kappa shape index (κ2) is 9.20. The SMILES string of the molecule is COC(=O)C1=C(C)N=c2s/c(=C\C=C\c3ccccc3OC)c(=O)n2[C@H]1c1ccccc1. The van der Waals surface area contributed by atoms with Gasteiger partial charge in [-0.2, -0.15) is 0 Å². The normalized spacial score (nSPS) is 16.1. The monoisotopic (exact) mass is 446 g/mol. The lowest BCUT2D eigenvalue weighted by atomic mass is 9.96. The van der Waals surface area contributed by atoms with E-state index in [1.54, 1.807) is 24.7 Å². The molecule has 6 nitrogen and oxygen atoms in total. The Bertz CT molecular complexity index is 1400. The van der Waals surface area contributed by atoms with Crippen LogP contribution in [0.15, 0.2) is 81.7 Å². The zero-order valence-corrected chi connectivity index (χ0v) is 18.8. The van der Waals surface area contributed by atoms with Crippen molar-refractivity contribution < 1.29 is 14.3 Å². The lowest BCUT2D eigenvalue weighted by molar-refractivity contribution is -0.136. The van der Waals surface area contributed by atoms with Crippen molar-refractivity contribution in [2.45, 2.75) is 13.0 Å². The highest BCUT2D eigenvalue weighted by molar-refractivity contribution is 7.07. The number of hydrogen-bond acceptors (Lipinski definition) is 6. The van der Waals surface area contributed by atoms with Crippen molar-refractivity contribution in [2.24, 2.45) is 4.99 Å². The summed E-state index contributed by atoms with van der Waals surface area (Å²) in [6.07, 6.45) is 5.46. The van der Waals surface area contributed by atoms with Crippen LogP contribution in [0.1, 0.15) is 24.1 Å². The fourth-order valence-electron chi connectivity index (χ4n) is 3.70. The maximum atomic E-state index is 13.4. The fraction of sp³-hybridized carbons (Fsp3) is 0.160. The Labute approximate surface area is 189 Å². The van der Waals surface area contributed by atoms with Crippen molar-refractivity contribution >= 4 is 29.5 Å². The molecular weight excluding hydrogens is 424 g/mol. The van der Waals surface area contributed by atoms with E-state index >= 15 is 0 Å². The van der Waals surface area contributed by atoms with Crippen LogP contribution < -0.4 is 19.6 Å². The van der Waals surface area contributed by atoms with Gasteiger partial charge in [0.25, 0.3) is 5.56 Å². The molecule has 7 heteroatoms. The molecule has 0 amide bonds. The number of thiazole rings is 1. The lowest BCUT2D eigenvalue weighted by Gasteiger charge is -2.24. The number of carbonyl (C=O) groups is 1. The van der Waals surface area contributed by atoms with Crippen molar-refractivity contribution in [3.8, 4) is 5.75 Å². The number of fused-ring (bicyclic) bond motifs is 1. The zero-order valence-electron chi connectivity index (χ0n) is 17.9. The van der Waals surface area contributed by atoms with Crippen molar-refractivity contribution in [3.05, 3.63) is 103 Å². The van der Waals surface area contributed by atoms with Gasteiger partial charge in [-0.05, 0) is 24.6 Å². The van der Waals surface area contributed by atoms with E-state index in [-0.39, 0.29) is 5.56 Å². The molecule has 0 fully saturated rings. The number of ether oxygens (including phenoxy) is 2. The number of hydrogen-bond donors (Lipinski definition) is 0. The molecule has 4 rings (SSSR count). The van der Waals surface area contributed by atoms with E-state index in [1.807, 2.05) is 66.7 Å². The molecule has 0 N–H and O–H groups in total. The Morgan fingerprint density at radius 3 is 2.53 bits per heavy atom. The molecule has 0 radical (unpaired) electrons. The van der Waals surface area contributed by atoms with Gasteiger partial charge < -0.3 is 9.47 Å². The summed E-state index contributed by atoms with van der Waals surface area (Å²) >= 11 is 1.29. The van der Waals surface area contributed by atoms with E-state index in [2.05, 4.69) is 4.99 Å². The summed E-state index contributed by atoms with van der Waals surface area (Å²) in [5, 5.41) is 0. The highest BCUT2D eigenvalue weighted by Gasteiger charge is 2.32. The van der Waals surface area contributed by atoms with Crippen LogP contribution in [-0.2, 0) is 9.53 Å². The van der Waals surface area contributed by atoms with Crippen LogP contribution in [-0.4, -0.2) is 24.8 Å². The smallest absolute Gasteiger partial charge is 0.338 e. The summed E-state index contributed by atoms with van der Waals surface area (Å²) in [5.74, 6) is 0.256. The number of carbonyl (C=O) groups excluding carboxylic acids is 1. The third-order valence-electron chi connectivity index (χ3n) is 5.20. The number of para-hydroxylation sites is 1. The van der Waals surface area contributed by atoms with Gasteiger partial charge in [-0.15, -0.1) is 0 Å². The van der Waals surface area contributed by atoms with Gasteiger partial charge in [-0.3, -0.25) is 9.36 Å². The van der Waals surface area contributed by atoms with E-state index in [9.17, 15) is 9.59 Å². The maximum absolute atomic E-state index is 13.4. The third kappa shape index (κ3) is 3.94. The quantitative estimate of drug-likeness (QED) is 0.565. The standard InChI is InChI=1S/C25H22N2O4S/c1-16-21(24(29)31-3)22(18-11-5-4-6-12-18)27-23(28)20(32-25(27)26-16)15-9-13-17-10-7-8-14-19(17)30-2/h4-15,22H,1-3H3/b13-9+,20-15-/t22-/m0/s1. The number of methoxy groups -OCH3 is 2. The van der Waals surface area contributed by atoms with Crippen molar-refractivity contribution in [1.29, 1.82) is 0 Å². The topological polar surface area (TPSA) is 69.9 Å². The van der Waals surface area contributed by atoms with E-state index < -0.39 is 12.0 Å². The van der Waals surface area contributed by atoms with Crippen LogP contribution in [0.3, 0.4) is 0 Å². The summed E-state index contributed by atoms with van der Waals surface area (Å²) in [6.45, 7) is 1.76. The maximum Gasteiger partial charge on any atom is 0.338 e. The molecule has 1 aliphatic heterocycles. The Morgan fingerprint density at radius 1 is 1.09 bits per heavy atom. The first-order chi connectivity index (χ1) is 15.5. The van der Waals surface area contributed by atoms with E-state index in [0.29, 0.717) is 20.6 Å². The molecular formula is C25H22N2O4S.